The van der Waals surface area contributed by atoms with Gasteiger partial charge in [0.25, 0.3) is 0 Å². The maximum Gasteiger partial charge on any atom is 0.00931 e. The van der Waals surface area contributed by atoms with Crippen molar-refractivity contribution in [2.24, 2.45) is 69.3 Å². The summed E-state index contributed by atoms with van der Waals surface area (Å²) < 4.78 is 0. The van der Waals surface area contributed by atoms with Gasteiger partial charge >= 0.3 is 0 Å². The minimum absolute atomic E-state index is 0.279. The van der Waals surface area contributed by atoms with Gasteiger partial charge in [0.1, 0.15) is 0 Å². The summed E-state index contributed by atoms with van der Waals surface area (Å²) in [5, 5.41) is 0. The zero-order valence-corrected chi connectivity index (χ0v) is 23.3. The van der Waals surface area contributed by atoms with Gasteiger partial charge in [0.05, 0.1) is 0 Å². The first-order chi connectivity index (χ1) is 15.3. The van der Waals surface area contributed by atoms with Crippen molar-refractivity contribution in [2.75, 3.05) is 6.54 Å². The van der Waals surface area contributed by atoms with Gasteiger partial charge in [0, 0.05) is 18.1 Å². The summed E-state index contributed by atoms with van der Waals surface area (Å²) in [5.41, 5.74) is 25.2. The van der Waals surface area contributed by atoms with Gasteiger partial charge in [0.15, 0.2) is 0 Å². The molecule has 3 fully saturated rings. The lowest BCUT2D eigenvalue weighted by Gasteiger charge is -2.45. The van der Waals surface area contributed by atoms with E-state index in [1.807, 2.05) is 0 Å². The standard InChI is InChI=1S/C19H38N2.C10H22N2/c1-5-16-10-14(7-12(3)18(16)20)9-15-8-13(4)19(21)17(6-2)11-15;1-9(2)4-8(12)5-10(3,6-9)7-11/h12-19H,5-11,20-21H2,1-4H3;8H,4-7,11-12H2,1-3H3. The molecule has 0 amide bonds. The second-order valence-corrected chi connectivity index (χ2v) is 13.9. The summed E-state index contributed by atoms with van der Waals surface area (Å²) in [6.45, 7) is 17.0. The van der Waals surface area contributed by atoms with Crippen molar-refractivity contribution in [3.8, 4) is 0 Å². The molecule has 33 heavy (non-hydrogen) atoms. The average molecular weight is 465 g/mol. The van der Waals surface area contributed by atoms with Crippen molar-refractivity contribution in [3.63, 3.8) is 0 Å². The van der Waals surface area contributed by atoms with Crippen LogP contribution in [0.1, 0.15) is 113 Å². The van der Waals surface area contributed by atoms with Crippen LogP contribution in [0.5, 0.6) is 0 Å². The lowest BCUT2D eigenvalue weighted by molar-refractivity contribution is 0.0904. The fourth-order valence-corrected chi connectivity index (χ4v) is 8.26. The van der Waals surface area contributed by atoms with Crippen LogP contribution in [0.15, 0.2) is 0 Å². The summed E-state index contributed by atoms with van der Waals surface area (Å²) in [6.07, 6.45) is 12.8. The molecular weight excluding hydrogens is 404 g/mol. The van der Waals surface area contributed by atoms with Gasteiger partial charge in [-0.25, -0.2) is 0 Å². The molecule has 3 rings (SSSR count). The van der Waals surface area contributed by atoms with E-state index >= 15 is 0 Å². The molecule has 0 aliphatic heterocycles. The minimum Gasteiger partial charge on any atom is -0.330 e. The highest BCUT2D eigenvalue weighted by atomic mass is 14.7. The van der Waals surface area contributed by atoms with E-state index in [-0.39, 0.29) is 5.41 Å². The molecule has 3 aliphatic rings. The largest absolute Gasteiger partial charge is 0.330 e. The third-order valence-corrected chi connectivity index (χ3v) is 9.77. The van der Waals surface area contributed by atoms with Crippen molar-refractivity contribution < 1.29 is 0 Å². The lowest BCUT2D eigenvalue weighted by atomic mass is 9.63. The number of hydrogen-bond donors (Lipinski definition) is 4. The molecule has 0 aromatic carbocycles. The molecule has 0 saturated heterocycles. The van der Waals surface area contributed by atoms with Crippen molar-refractivity contribution >= 4 is 0 Å². The molecule has 0 spiro atoms. The van der Waals surface area contributed by atoms with Crippen molar-refractivity contribution in [2.45, 2.75) is 131 Å². The predicted octanol–water partition coefficient (Wildman–Crippen LogP) is 5.66. The summed E-state index contributed by atoms with van der Waals surface area (Å²) >= 11 is 0. The van der Waals surface area contributed by atoms with Gasteiger partial charge < -0.3 is 22.9 Å². The normalized spacial score (nSPS) is 45.7. The molecule has 4 heteroatoms. The third-order valence-electron chi connectivity index (χ3n) is 9.77. The second kappa shape index (κ2) is 12.2. The zero-order chi connectivity index (χ0) is 25.0. The van der Waals surface area contributed by atoms with Crippen LogP contribution in [-0.4, -0.2) is 24.7 Å². The van der Waals surface area contributed by atoms with Crippen LogP contribution in [0.25, 0.3) is 0 Å². The third kappa shape index (κ3) is 8.19. The van der Waals surface area contributed by atoms with E-state index in [0.717, 1.165) is 43.1 Å². The fraction of sp³-hybridized carbons (Fsp3) is 1.00. The van der Waals surface area contributed by atoms with Crippen LogP contribution in [0.4, 0.5) is 0 Å². The van der Waals surface area contributed by atoms with E-state index in [1.165, 1.54) is 51.4 Å². The van der Waals surface area contributed by atoms with Crippen molar-refractivity contribution in [1.29, 1.82) is 0 Å². The Morgan fingerprint density at radius 3 is 1.55 bits per heavy atom. The average Bonchev–Trinajstić information content (AvgIpc) is 2.71. The number of hydrogen-bond acceptors (Lipinski definition) is 4. The topological polar surface area (TPSA) is 104 Å². The molecule has 0 aromatic heterocycles. The highest BCUT2D eigenvalue weighted by Gasteiger charge is 2.39. The predicted molar refractivity (Wildman–Crippen MR) is 145 cm³/mol. The Kier molecular flexibility index (Phi) is 10.7. The summed E-state index contributed by atoms with van der Waals surface area (Å²) in [5.74, 6) is 4.74. The van der Waals surface area contributed by atoms with E-state index < -0.39 is 0 Å². The summed E-state index contributed by atoms with van der Waals surface area (Å²) in [6, 6.07) is 1.23. The van der Waals surface area contributed by atoms with E-state index in [2.05, 4.69) is 48.5 Å². The first-order valence-electron chi connectivity index (χ1n) is 14.3. The van der Waals surface area contributed by atoms with Gasteiger partial charge in [-0.15, -0.1) is 0 Å². The second-order valence-electron chi connectivity index (χ2n) is 13.9. The van der Waals surface area contributed by atoms with Crippen molar-refractivity contribution in [3.05, 3.63) is 0 Å². The zero-order valence-electron chi connectivity index (χ0n) is 23.3. The quantitative estimate of drug-likeness (QED) is 0.421. The number of nitrogens with two attached hydrogens (primary N) is 4. The van der Waals surface area contributed by atoms with Crippen LogP contribution in [0, 0.1) is 46.3 Å². The van der Waals surface area contributed by atoms with Gasteiger partial charge in [-0.3, -0.25) is 0 Å². The Labute approximate surface area is 206 Å². The molecular formula is C29H60N4. The summed E-state index contributed by atoms with van der Waals surface area (Å²) in [4.78, 5) is 0. The Hall–Kier alpha value is -0.160. The van der Waals surface area contributed by atoms with E-state index in [9.17, 15) is 0 Å². The van der Waals surface area contributed by atoms with Gasteiger partial charge in [-0.2, -0.15) is 0 Å². The van der Waals surface area contributed by atoms with E-state index in [0.29, 0.717) is 35.4 Å². The molecule has 0 heterocycles. The van der Waals surface area contributed by atoms with Gasteiger partial charge in [-0.1, -0.05) is 61.3 Å². The Morgan fingerprint density at radius 1 is 0.727 bits per heavy atom. The SMILES string of the molecule is CC1(C)CC(N)CC(C)(CN)C1.CCC1CC(CC2CC(C)C(N)C(CC)C2)CC(C)C1N. The van der Waals surface area contributed by atoms with Crippen LogP contribution in [0.3, 0.4) is 0 Å². The monoisotopic (exact) mass is 464 g/mol. The molecule has 8 N–H and O–H groups in total. The molecule has 4 nitrogen and oxygen atoms in total. The molecule has 10 unspecified atom stereocenters. The Morgan fingerprint density at radius 2 is 1.18 bits per heavy atom. The smallest absolute Gasteiger partial charge is 0.00931 e. The van der Waals surface area contributed by atoms with Crippen LogP contribution >= 0.6 is 0 Å². The summed E-state index contributed by atoms with van der Waals surface area (Å²) in [7, 11) is 0. The van der Waals surface area contributed by atoms with Gasteiger partial charge in [-0.05, 0) is 104 Å². The molecule has 196 valence electrons. The first-order valence-corrected chi connectivity index (χ1v) is 14.3. The Balaban J connectivity index is 0.000000273. The molecule has 3 saturated carbocycles. The number of rotatable bonds is 5. The molecule has 3 aliphatic carbocycles. The maximum absolute atomic E-state index is 6.40. The highest BCUT2D eigenvalue weighted by molar-refractivity contribution is 4.94. The molecule has 0 bridgehead atoms. The Bertz CT molecular complexity index is 548. The van der Waals surface area contributed by atoms with Crippen LogP contribution in [0.2, 0.25) is 0 Å². The maximum atomic E-state index is 6.40. The van der Waals surface area contributed by atoms with Crippen LogP contribution < -0.4 is 22.9 Å². The fourth-order valence-electron chi connectivity index (χ4n) is 8.26. The van der Waals surface area contributed by atoms with Crippen LogP contribution in [-0.2, 0) is 0 Å². The van der Waals surface area contributed by atoms with Crippen molar-refractivity contribution in [1.82, 2.24) is 0 Å². The first kappa shape index (κ1) is 29.1. The highest BCUT2D eigenvalue weighted by Crippen LogP contribution is 2.45. The molecule has 0 aromatic rings. The van der Waals surface area contributed by atoms with E-state index in [1.54, 1.807) is 0 Å². The minimum atomic E-state index is 0.279. The molecule has 10 atom stereocenters. The molecule has 0 radical (unpaired) electrons. The van der Waals surface area contributed by atoms with E-state index in [4.69, 9.17) is 22.9 Å². The lowest BCUT2D eigenvalue weighted by Crippen LogP contribution is -2.45. The van der Waals surface area contributed by atoms with Gasteiger partial charge in [0.2, 0.25) is 0 Å².